The van der Waals surface area contributed by atoms with Crippen molar-refractivity contribution in [1.82, 2.24) is 23.7 Å². The molecule has 0 radical (unpaired) electrons. The highest BCUT2D eigenvalue weighted by molar-refractivity contribution is 7.89. The zero-order chi connectivity index (χ0) is 34.0. The number of aromatic nitrogens is 2. The fourth-order valence-electron chi connectivity index (χ4n) is 5.28. The van der Waals surface area contributed by atoms with E-state index < -0.39 is 22.2 Å². The number of amides is 2. The number of aryl methyl sites for hydroxylation is 1. The van der Waals surface area contributed by atoms with Gasteiger partial charge in [0.1, 0.15) is 5.75 Å². The van der Waals surface area contributed by atoms with Crippen molar-refractivity contribution < 1.29 is 32.6 Å². The van der Waals surface area contributed by atoms with Crippen molar-refractivity contribution in [3.8, 4) is 5.75 Å². The quantitative estimate of drug-likeness (QED) is 0.370. The van der Waals surface area contributed by atoms with E-state index in [0.717, 1.165) is 19.4 Å². The van der Waals surface area contributed by atoms with E-state index in [1.165, 1.54) is 23.9 Å². The second kappa shape index (κ2) is 17.2. The maximum absolute atomic E-state index is 14.3. The first kappa shape index (κ1) is 37.4. The molecule has 14 heteroatoms. The van der Waals surface area contributed by atoms with Gasteiger partial charge in [-0.1, -0.05) is 6.92 Å². The molecule has 2 aromatic rings. The van der Waals surface area contributed by atoms with Crippen LogP contribution in [0.15, 0.2) is 35.7 Å². The van der Waals surface area contributed by atoms with E-state index in [-0.39, 0.29) is 54.1 Å². The molecule has 0 saturated carbocycles. The molecule has 0 unspecified atom stereocenters. The predicted octanol–water partition coefficient (Wildman–Crippen LogP) is 2.82. The third-order valence-corrected chi connectivity index (χ3v) is 9.85. The van der Waals surface area contributed by atoms with Crippen LogP contribution in [-0.2, 0) is 26.6 Å². The van der Waals surface area contributed by atoms with E-state index >= 15 is 0 Å². The van der Waals surface area contributed by atoms with Gasteiger partial charge in [-0.2, -0.15) is 4.31 Å². The number of rotatable bonds is 11. The summed E-state index contributed by atoms with van der Waals surface area (Å²) in [5, 5.41) is 13.0. The Kier molecular flexibility index (Phi) is 14.0. The smallest absolute Gasteiger partial charge is 0.261 e. The third kappa shape index (κ3) is 10.5. The molecule has 0 aliphatic carbocycles. The number of anilines is 1. The summed E-state index contributed by atoms with van der Waals surface area (Å²) >= 11 is 0. The topological polar surface area (TPSA) is 147 Å². The summed E-state index contributed by atoms with van der Waals surface area (Å²) in [5.74, 6) is -0.435. The first-order valence-electron chi connectivity index (χ1n) is 16.0. The Hall–Kier alpha value is -3.04. The van der Waals surface area contributed by atoms with Crippen molar-refractivity contribution >= 4 is 27.5 Å². The number of aliphatic hydroxyl groups excluding tert-OH is 1. The van der Waals surface area contributed by atoms with Gasteiger partial charge in [0.05, 0.1) is 36.7 Å². The Balaban J connectivity index is 1.92. The van der Waals surface area contributed by atoms with E-state index in [4.69, 9.17) is 9.47 Å². The van der Waals surface area contributed by atoms with Gasteiger partial charge in [0.25, 0.3) is 15.9 Å². The number of carbonyl (C=O) groups excluding carboxylic acids is 2. The van der Waals surface area contributed by atoms with Crippen molar-refractivity contribution in [2.24, 2.45) is 13.0 Å². The van der Waals surface area contributed by atoms with Crippen LogP contribution in [0.1, 0.15) is 63.2 Å². The van der Waals surface area contributed by atoms with E-state index in [0.29, 0.717) is 37.3 Å². The molecule has 2 N–H and O–H groups in total. The number of hydrogen-bond acceptors (Lipinski definition) is 9. The molecule has 0 fully saturated rings. The van der Waals surface area contributed by atoms with Crippen LogP contribution in [0.5, 0.6) is 5.75 Å². The van der Waals surface area contributed by atoms with Gasteiger partial charge < -0.3 is 34.3 Å². The van der Waals surface area contributed by atoms with Gasteiger partial charge in [0.2, 0.25) is 5.91 Å². The zero-order valence-corrected chi connectivity index (χ0v) is 29.1. The lowest BCUT2D eigenvalue weighted by Crippen LogP contribution is -2.48. The number of aliphatic hydroxyl groups is 1. The summed E-state index contributed by atoms with van der Waals surface area (Å²) in [6, 6.07) is 4.51. The van der Waals surface area contributed by atoms with Crippen LogP contribution < -0.4 is 10.1 Å². The molecule has 2 amide bonds. The first-order chi connectivity index (χ1) is 21.7. The number of benzene rings is 1. The fourth-order valence-corrected chi connectivity index (χ4v) is 6.42. The van der Waals surface area contributed by atoms with Gasteiger partial charge in [-0.15, -0.1) is 0 Å². The maximum Gasteiger partial charge on any atom is 0.261 e. The zero-order valence-electron chi connectivity index (χ0n) is 28.3. The fraction of sp³-hybridized carbons (Fsp3) is 0.656. The largest absolute Gasteiger partial charge is 0.490 e. The number of nitrogens with zero attached hydrogens (tertiary/aromatic N) is 5. The second-order valence-electron chi connectivity index (χ2n) is 12.6. The van der Waals surface area contributed by atoms with Gasteiger partial charge in [-0.3, -0.25) is 9.59 Å². The second-order valence-corrected chi connectivity index (χ2v) is 14.6. The van der Waals surface area contributed by atoms with Crippen LogP contribution in [0.3, 0.4) is 0 Å². The molecule has 0 spiro atoms. The van der Waals surface area contributed by atoms with Crippen LogP contribution in [0.4, 0.5) is 5.69 Å². The number of likely N-dealkylation sites (N-methyl/N-ethyl adjacent to an activating group) is 1. The Morgan fingerprint density at radius 2 is 1.96 bits per heavy atom. The Labute approximate surface area is 273 Å². The number of carbonyl (C=O) groups is 2. The lowest BCUT2D eigenvalue weighted by molar-refractivity contribution is -0.116. The Bertz CT molecular complexity index is 1400. The van der Waals surface area contributed by atoms with Crippen LogP contribution >= 0.6 is 0 Å². The Morgan fingerprint density at radius 3 is 2.61 bits per heavy atom. The van der Waals surface area contributed by atoms with Gasteiger partial charge in [0, 0.05) is 58.0 Å². The van der Waals surface area contributed by atoms with Crippen molar-refractivity contribution in [3.05, 3.63) is 36.3 Å². The number of nitrogens with one attached hydrogen (secondary N) is 1. The van der Waals surface area contributed by atoms with Crippen LogP contribution in [0, 0.1) is 5.92 Å². The summed E-state index contributed by atoms with van der Waals surface area (Å²) in [6.07, 6.45) is 5.45. The summed E-state index contributed by atoms with van der Waals surface area (Å²) in [4.78, 5) is 34.6. The number of ether oxygens (including phenoxy) is 2. The average molecular weight is 665 g/mol. The highest BCUT2D eigenvalue weighted by Gasteiger charge is 2.33. The van der Waals surface area contributed by atoms with Crippen molar-refractivity contribution in [3.63, 3.8) is 0 Å². The number of fused-ring (bicyclic) bond motifs is 1. The molecule has 1 aliphatic rings. The third-order valence-electron chi connectivity index (χ3n) is 8.14. The molecule has 0 saturated heterocycles. The lowest BCUT2D eigenvalue weighted by Gasteiger charge is -2.35. The van der Waals surface area contributed by atoms with Gasteiger partial charge in [-0.05, 0) is 78.4 Å². The average Bonchev–Trinajstić information content (AvgIpc) is 3.45. The standard InChI is InChI=1S/C32H52N6O7S/c1-23-18-38(24(2)21-39)32(41)27-17-26(34-30(40)12-10-15-35(4)5)13-14-28(27)45-25(3)11-8-9-16-44-29(23)19-37(7)46(42,43)31-20-36(6)22-33-31/h13-14,17,20,22-25,29,39H,8-12,15-16,18-19,21H2,1-7H3,(H,34,40)/t23-,24+,25-,29+/m1/s1. The lowest BCUT2D eigenvalue weighted by atomic mass is 10.0. The SMILES string of the molecule is C[C@@H]1CCCCO[C@@H](CN(C)S(=O)(=O)c2cn(C)cn2)[C@H](C)CN([C@@H](C)CO)C(=O)c2cc(NC(=O)CCCN(C)C)ccc2O1. The van der Waals surface area contributed by atoms with Crippen LogP contribution in [-0.4, -0.2) is 121 Å². The van der Waals surface area contributed by atoms with E-state index in [1.807, 2.05) is 32.8 Å². The van der Waals surface area contributed by atoms with Gasteiger partial charge in [-0.25, -0.2) is 13.4 Å². The molecule has 4 atom stereocenters. The Morgan fingerprint density at radius 1 is 1.22 bits per heavy atom. The molecular weight excluding hydrogens is 612 g/mol. The molecular formula is C32H52N6O7S. The minimum absolute atomic E-state index is 0.0513. The summed E-state index contributed by atoms with van der Waals surface area (Å²) in [6.45, 7) is 6.74. The summed E-state index contributed by atoms with van der Waals surface area (Å²) < 4.78 is 41.9. The molecule has 1 aliphatic heterocycles. The summed E-state index contributed by atoms with van der Waals surface area (Å²) in [5.41, 5.74) is 0.751. The van der Waals surface area contributed by atoms with Gasteiger partial charge in [0.15, 0.2) is 5.03 Å². The van der Waals surface area contributed by atoms with E-state index in [1.54, 1.807) is 41.6 Å². The van der Waals surface area contributed by atoms with Gasteiger partial charge >= 0.3 is 0 Å². The first-order valence-corrected chi connectivity index (χ1v) is 17.4. The van der Waals surface area contributed by atoms with E-state index in [2.05, 4.69) is 10.3 Å². The number of imidazole rings is 1. The maximum atomic E-state index is 14.3. The van der Waals surface area contributed by atoms with Crippen molar-refractivity contribution in [2.75, 3.05) is 59.3 Å². The summed E-state index contributed by atoms with van der Waals surface area (Å²) in [7, 11) is 3.24. The molecule has 13 nitrogen and oxygen atoms in total. The molecule has 46 heavy (non-hydrogen) atoms. The van der Waals surface area contributed by atoms with Crippen molar-refractivity contribution in [1.29, 1.82) is 0 Å². The highest BCUT2D eigenvalue weighted by atomic mass is 32.2. The number of hydrogen-bond donors (Lipinski definition) is 2. The molecule has 1 aromatic heterocycles. The minimum Gasteiger partial charge on any atom is -0.490 e. The molecule has 258 valence electrons. The predicted molar refractivity (Wildman–Crippen MR) is 176 cm³/mol. The molecule has 3 rings (SSSR count). The molecule has 0 bridgehead atoms. The monoisotopic (exact) mass is 664 g/mol. The molecule has 2 heterocycles. The van der Waals surface area contributed by atoms with E-state index in [9.17, 15) is 23.1 Å². The highest BCUT2D eigenvalue weighted by Crippen LogP contribution is 2.29. The van der Waals surface area contributed by atoms with Crippen LogP contribution in [0.25, 0.3) is 0 Å². The minimum atomic E-state index is -3.87. The van der Waals surface area contributed by atoms with Crippen LogP contribution in [0.2, 0.25) is 0 Å². The molecule has 1 aromatic carbocycles. The normalized spacial score (nSPS) is 21.0. The number of sulfonamides is 1. The van der Waals surface area contributed by atoms with Crippen molar-refractivity contribution in [2.45, 2.75) is 76.2 Å².